The molecular weight excluding hydrogens is 252 g/mol. The summed E-state index contributed by atoms with van der Waals surface area (Å²) in [6, 6.07) is 0. The van der Waals surface area contributed by atoms with Crippen LogP contribution in [-0.2, 0) is 9.53 Å². The second-order valence-electron chi connectivity index (χ2n) is 5.35. The molecule has 20 heavy (non-hydrogen) atoms. The molecule has 0 amide bonds. The van der Waals surface area contributed by atoms with Crippen LogP contribution in [-0.4, -0.2) is 24.3 Å². The van der Waals surface area contributed by atoms with Crippen molar-refractivity contribution < 1.29 is 14.6 Å². The van der Waals surface area contributed by atoms with Gasteiger partial charge in [-0.3, -0.25) is 4.79 Å². The van der Waals surface area contributed by atoms with Gasteiger partial charge in [-0.25, -0.2) is 0 Å². The molecule has 0 aliphatic rings. The summed E-state index contributed by atoms with van der Waals surface area (Å²) in [6.07, 6.45) is 13.1. The highest BCUT2D eigenvalue weighted by Gasteiger charge is 2.15. The van der Waals surface area contributed by atoms with Crippen LogP contribution in [0.2, 0.25) is 0 Å². The second kappa shape index (κ2) is 14.6. The first-order valence-electron chi connectivity index (χ1n) is 8.16. The predicted molar refractivity (Wildman–Crippen MR) is 83.6 cm³/mol. The van der Waals surface area contributed by atoms with Crippen molar-refractivity contribution in [1.29, 1.82) is 0 Å². The number of rotatable bonds is 14. The van der Waals surface area contributed by atoms with Crippen molar-refractivity contribution in [2.24, 2.45) is 5.92 Å². The molecule has 0 aromatic rings. The zero-order chi connectivity index (χ0) is 15.1. The van der Waals surface area contributed by atoms with Gasteiger partial charge in [-0.05, 0) is 6.42 Å². The molecule has 3 heteroatoms. The largest absolute Gasteiger partial charge is 0.465 e. The van der Waals surface area contributed by atoms with Crippen molar-refractivity contribution >= 4 is 5.97 Å². The number of hydrogen-bond donors (Lipinski definition) is 1. The molecule has 0 aromatic carbocycles. The maximum Gasteiger partial charge on any atom is 0.312 e. The molecule has 0 saturated carbocycles. The lowest BCUT2D eigenvalue weighted by molar-refractivity contribution is -0.147. The van der Waals surface area contributed by atoms with Gasteiger partial charge in [-0.15, -0.1) is 6.58 Å². The van der Waals surface area contributed by atoms with Gasteiger partial charge in [0.1, 0.15) is 0 Å². The molecule has 0 aliphatic heterocycles. The van der Waals surface area contributed by atoms with E-state index in [0.717, 1.165) is 12.8 Å². The number of aliphatic hydroxyl groups is 1. The Labute approximate surface area is 124 Å². The van der Waals surface area contributed by atoms with Crippen LogP contribution < -0.4 is 0 Å². The third kappa shape index (κ3) is 11.0. The van der Waals surface area contributed by atoms with Crippen LogP contribution in [0.15, 0.2) is 12.7 Å². The van der Waals surface area contributed by atoms with Gasteiger partial charge in [0.25, 0.3) is 0 Å². The SMILES string of the molecule is C=CC(CCCCCCCCCC)C(=O)OCCCO. The van der Waals surface area contributed by atoms with Gasteiger partial charge in [0, 0.05) is 13.0 Å². The highest BCUT2D eigenvalue weighted by atomic mass is 16.5. The maximum absolute atomic E-state index is 11.7. The first kappa shape index (κ1) is 19.2. The van der Waals surface area contributed by atoms with E-state index in [-0.39, 0.29) is 18.5 Å². The minimum atomic E-state index is -0.198. The average Bonchev–Trinajstić information content (AvgIpc) is 2.46. The van der Waals surface area contributed by atoms with E-state index in [9.17, 15) is 4.79 Å². The predicted octanol–water partition coefficient (Wildman–Crippen LogP) is 4.25. The molecule has 0 fully saturated rings. The van der Waals surface area contributed by atoms with Crippen LogP contribution in [0.25, 0.3) is 0 Å². The fourth-order valence-electron chi connectivity index (χ4n) is 2.17. The Morgan fingerprint density at radius 2 is 1.70 bits per heavy atom. The highest BCUT2D eigenvalue weighted by Crippen LogP contribution is 2.15. The van der Waals surface area contributed by atoms with E-state index in [4.69, 9.17) is 9.84 Å². The minimum Gasteiger partial charge on any atom is -0.465 e. The number of aliphatic hydroxyl groups excluding tert-OH is 1. The normalized spacial score (nSPS) is 12.1. The Morgan fingerprint density at radius 3 is 2.25 bits per heavy atom. The summed E-state index contributed by atoms with van der Waals surface area (Å²) in [7, 11) is 0. The van der Waals surface area contributed by atoms with E-state index in [0.29, 0.717) is 13.0 Å². The Morgan fingerprint density at radius 1 is 1.10 bits per heavy atom. The van der Waals surface area contributed by atoms with E-state index >= 15 is 0 Å². The van der Waals surface area contributed by atoms with E-state index in [1.54, 1.807) is 6.08 Å². The van der Waals surface area contributed by atoms with Crippen LogP contribution in [0, 0.1) is 5.92 Å². The molecule has 1 atom stereocenters. The van der Waals surface area contributed by atoms with Crippen molar-refractivity contribution in [2.75, 3.05) is 13.2 Å². The van der Waals surface area contributed by atoms with Crippen LogP contribution in [0.4, 0.5) is 0 Å². The van der Waals surface area contributed by atoms with Crippen molar-refractivity contribution in [3.63, 3.8) is 0 Å². The third-order valence-electron chi connectivity index (χ3n) is 3.50. The topological polar surface area (TPSA) is 46.5 Å². The van der Waals surface area contributed by atoms with Crippen molar-refractivity contribution in [3.05, 3.63) is 12.7 Å². The van der Waals surface area contributed by atoms with Crippen molar-refractivity contribution in [3.8, 4) is 0 Å². The monoisotopic (exact) mass is 284 g/mol. The van der Waals surface area contributed by atoms with Crippen molar-refractivity contribution in [1.82, 2.24) is 0 Å². The molecule has 1 unspecified atom stereocenters. The summed E-state index contributed by atoms with van der Waals surface area (Å²) in [6.45, 7) is 6.30. The van der Waals surface area contributed by atoms with Crippen molar-refractivity contribution in [2.45, 2.75) is 71.1 Å². The number of ether oxygens (including phenoxy) is 1. The van der Waals surface area contributed by atoms with Gasteiger partial charge >= 0.3 is 5.97 Å². The molecule has 0 spiro atoms. The molecule has 118 valence electrons. The Kier molecular flexibility index (Phi) is 14.0. The van der Waals surface area contributed by atoms with E-state index in [2.05, 4.69) is 13.5 Å². The minimum absolute atomic E-state index is 0.0596. The molecule has 0 radical (unpaired) electrons. The van der Waals surface area contributed by atoms with Gasteiger partial charge in [0.15, 0.2) is 0 Å². The summed E-state index contributed by atoms with van der Waals surface area (Å²) < 4.78 is 5.09. The number of hydrogen-bond acceptors (Lipinski definition) is 3. The van der Waals surface area contributed by atoms with E-state index in [1.165, 1.54) is 44.9 Å². The number of carbonyl (C=O) groups excluding carboxylic acids is 1. The first-order chi connectivity index (χ1) is 9.76. The smallest absolute Gasteiger partial charge is 0.312 e. The zero-order valence-electron chi connectivity index (χ0n) is 13.1. The third-order valence-corrected chi connectivity index (χ3v) is 3.50. The quantitative estimate of drug-likeness (QED) is 0.295. The van der Waals surface area contributed by atoms with Gasteiger partial charge in [-0.2, -0.15) is 0 Å². The summed E-state index contributed by atoms with van der Waals surface area (Å²) >= 11 is 0. The molecule has 0 saturated heterocycles. The van der Waals surface area contributed by atoms with E-state index in [1.807, 2.05) is 0 Å². The fourth-order valence-corrected chi connectivity index (χ4v) is 2.17. The maximum atomic E-state index is 11.7. The van der Waals surface area contributed by atoms with Gasteiger partial charge in [0.2, 0.25) is 0 Å². The zero-order valence-corrected chi connectivity index (χ0v) is 13.1. The summed E-state index contributed by atoms with van der Waals surface area (Å²) in [5, 5.41) is 8.64. The number of unbranched alkanes of at least 4 members (excludes halogenated alkanes) is 7. The number of carbonyl (C=O) groups is 1. The summed E-state index contributed by atoms with van der Waals surface area (Å²) in [4.78, 5) is 11.7. The molecule has 0 bridgehead atoms. The average molecular weight is 284 g/mol. The Hall–Kier alpha value is -0.830. The molecular formula is C17H32O3. The molecule has 3 nitrogen and oxygen atoms in total. The number of esters is 1. The van der Waals surface area contributed by atoms with Crippen LogP contribution in [0.1, 0.15) is 71.1 Å². The van der Waals surface area contributed by atoms with Gasteiger partial charge in [0.05, 0.1) is 12.5 Å². The standard InChI is InChI=1S/C17H32O3/c1-3-5-6-7-8-9-10-11-13-16(4-2)17(19)20-15-12-14-18/h4,16,18H,2-3,5-15H2,1H3. The molecule has 0 heterocycles. The molecule has 0 aromatic heterocycles. The van der Waals surface area contributed by atoms with Crippen LogP contribution in [0.3, 0.4) is 0 Å². The Balaban J connectivity index is 3.54. The van der Waals surface area contributed by atoms with E-state index < -0.39 is 0 Å². The highest BCUT2D eigenvalue weighted by molar-refractivity contribution is 5.74. The summed E-state index contributed by atoms with van der Waals surface area (Å²) in [5.74, 6) is -0.384. The molecule has 0 rings (SSSR count). The molecule has 0 aliphatic carbocycles. The lowest BCUT2D eigenvalue weighted by atomic mass is 10.00. The summed E-state index contributed by atoms with van der Waals surface area (Å²) in [5.41, 5.74) is 0. The lowest BCUT2D eigenvalue weighted by Crippen LogP contribution is -2.16. The lowest BCUT2D eigenvalue weighted by Gasteiger charge is -2.11. The van der Waals surface area contributed by atoms with Gasteiger partial charge < -0.3 is 9.84 Å². The van der Waals surface area contributed by atoms with Crippen LogP contribution >= 0.6 is 0 Å². The first-order valence-corrected chi connectivity index (χ1v) is 8.16. The molecule has 1 N–H and O–H groups in total. The second-order valence-corrected chi connectivity index (χ2v) is 5.35. The fraction of sp³-hybridized carbons (Fsp3) is 0.824. The van der Waals surface area contributed by atoms with Gasteiger partial charge in [-0.1, -0.05) is 64.4 Å². The van der Waals surface area contributed by atoms with Crippen LogP contribution in [0.5, 0.6) is 0 Å². The Bertz CT molecular complexity index is 238.